The van der Waals surface area contributed by atoms with Crippen molar-refractivity contribution >= 4 is 12.0 Å². The van der Waals surface area contributed by atoms with Crippen LogP contribution in [-0.2, 0) is 9.53 Å². The number of carbonyl (C=O) groups excluding carboxylic acids is 1. The molecule has 1 aromatic rings. The molecule has 1 aromatic carbocycles. The number of amides is 1. The third-order valence-corrected chi connectivity index (χ3v) is 4.39. The molecule has 118 valence electrons. The third kappa shape index (κ3) is 4.18. The fraction of sp³-hybridized carbons (Fsp3) is 0.500. The Morgan fingerprint density at radius 1 is 1.05 bits per heavy atom. The first-order valence-electron chi connectivity index (χ1n) is 8.13. The fourth-order valence-corrected chi connectivity index (χ4v) is 3.03. The van der Waals surface area contributed by atoms with Crippen molar-refractivity contribution in [3.05, 3.63) is 41.5 Å². The van der Waals surface area contributed by atoms with Crippen LogP contribution in [0.25, 0.3) is 6.08 Å². The van der Waals surface area contributed by atoms with Crippen LogP contribution in [0.4, 0.5) is 0 Å². The minimum absolute atomic E-state index is 0.249. The molecular weight excluding hydrogens is 276 g/mol. The van der Waals surface area contributed by atoms with Crippen LogP contribution in [-0.4, -0.2) is 61.6 Å². The number of carbonyl (C=O) groups is 1. The quantitative estimate of drug-likeness (QED) is 0.856. The van der Waals surface area contributed by atoms with E-state index in [1.165, 1.54) is 11.1 Å². The molecule has 0 aliphatic carbocycles. The van der Waals surface area contributed by atoms with Gasteiger partial charge in [-0.3, -0.25) is 9.69 Å². The first-order chi connectivity index (χ1) is 10.8. The van der Waals surface area contributed by atoms with Crippen LogP contribution in [0.3, 0.4) is 0 Å². The SMILES string of the molecule is O=C(CN1CCC(=Cc2ccccc2)CC1)N1CCOCC1. The van der Waals surface area contributed by atoms with Gasteiger partial charge in [0.25, 0.3) is 0 Å². The zero-order valence-electron chi connectivity index (χ0n) is 13.0. The maximum absolute atomic E-state index is 12.3. The van der Waals surface area contributed by atoms with E-state index in [1.807, 2.05) is 11.0 Å². The smallest absolute Gasteiger partial charge is 0.236 e. The van der Waals surface area contributed by atoms with Crippen molar-refractivity contribution in [2.24, 2.45) is 0 Å². The number of nitrogens with zero attached hydrogens (tertiary/aromatic N) is 2. The highest BCUT2D eigenvalue weighted by Crippen LogP contribution is 2.19. The van der Waals surface area contributed by atoms with E-state index in [4.69, 9.17) is 4.74 Å². The number of hydrogen-bond donors (Lipinski definition) is 0. The second-order valence-electron chi connectivity index (χ2n) is 5.98. The lowest BCUT2D eigenvalue weighted by Crippen LogP contribution is -2.46. The summed E-state index contributed by atoms with van der Waals surface area (Å²) < 4.78 is 5.30. The van der Waals surface area contributed by atoms with E-state index in [-0.39, 0.29) is 5.91 Å². The molecule has 0 saturated carbocycles. The average Bonchev–Trinajstić information content (AvgIpc) is 2.58. The minimum Gasteiger partial charge on any atom is -0.378 e. The number of hydrogen-bond acceptors (Lipinski definition) is 3. The number of benzene rings is 1. The zero-order valence-corrected chi connectivity index (χ0v) is 13.0. The molecule has 4 heteroatoms. The fourth-order valence-electron chi connectivity index (χ4n) is 3.03. The Morgan fingerprint density at radius 3 is 2.41 bits per heavy atom. The second kappa shape index (κ2) is 7.56. The normalized spacial score (nSPS) is 20.0. The van der Waals surface area contributed by atoms with Crippen LogP contribution in [0, 0.1) is 0 Å². The number of likely N-dealkylation sites (tertiary alicyclic amines) is 1. The largest absolute Gasteiger partial charge is 0.378 e. The van der Waals surface area contributed by atoms with Crippen LogP contribution in [0.5, 0.6) is 0 Å². The molecule has 0 N–H and O–H groups in total. The van der Waals surface area contributed by atoms with Crippen molar-refractivity contribution in [2.75, 3.05) is 45.9 Å². The summed E-state index contributed by atoms with van der Waals surface area (Å²) in [5.41, 5.74) is 2.76. The summed E-state index contributed by atoms with van der Waals surface area (Å²) in [4.78, 5) is 16.5. The summed E-state index contributed by atoms with van der Waals surface area (Å²) in [5, 5.41) is 0. The lowest BCUT2D eigenvalue weighted by Gasteiger charge is -2.32. The summed E-state index contributed by atoms with van der Waals surface area (Å²) in [6.07, 6.45) is 4.41. The van der Waals surface area contributed by atoms with Gasteiger partial charge >= 0.3 is 0 Å². The van der Waals surface area contributed by atoms with Gasteiger partial charge in [-0.15, -0.1) is 0 Å². The van der Waals surface area contributed by atoms with Crippen molar-refractivity contribution in [1.82, 2.24) is 9.80 Å². The van der Waals surface area contributed by atoms with Crippen LogP contribution in [0.2, 0.25) is 0 Å². The molecular formula is C18H24N2O2. The van der Waals surface area contributed by atoms with Crippen molar-refractivity contribution in [3.63, 3.8) is 0 Å². The van der Waals surface area contributed by atoms with Crippen molar-refractivity contribution in [2.45, 2.75) is 12.8 Å². The number of morpholine rings is 1. The number of piperidine rings is 1. The van der Waals surface area contributed by atoms with Gasteiger partial charge in [-0.2, -0.15) is 0 Å². The van der Waals surface area contributed by atoms with Crippen LogP contribution < -0.4 is 0 Å². The highest BCUT2D eigenvalue weighted by atomic mass is 16.5. The molecule has 2 saturated heterocycles. The molecule has 4 nitrogen and oxygen atoms in total. The Morgan fingerprint density at radius 2 is 1.73 bits per heavy atom. The standard InChI is InChI=1S/C18H24N2O2/c21-18(20-10-12-22-13-11-20)15-19-8-6-17(7-9-19)14-16-4-2-1-3-5-16/h1-5,14H,6-13,15H2. The Kier molecular flexibility index (Phi) is 5.24. The molecule has 3 rings (SSSR count). The van der Waals surface area contributed by atoms with Crippen LogP contribution in [0.1, 0.15) is 18.4 Å². The van der Waals surface area contributed by atoms with E-state index >= 15 is 0 Å². The van der Waals surface area contributed by atoms with E-state index in [9.17, 15) is 4.79 Å². The van der Waals surface area contributed by atoms with Gasteiger partial charge in [0.05, 0.1) is 19.8 Å². The maximum Gasteiger partial charge on any atom is 0.236 e. The molecule has 0 bridgehead atoms. The predicted molar refractivity (Wildman–Crippen MR) is 87.5 cm³/mol. The molecule has 0 unspecified atom stereocenters. The topological polar surface area (TPSA) is 32.8 Å². The second-order valence-corrected chi connectivity index (χ2v) is 5.98. The van der Waals surface area contributed by atoms with Gasteiger partial charge in [0.15, 0.2) is 0 Å². The molecule has 22 heavy (non-hydrogen) atoms. The van der Waals surface area contributed by atoms with Crippen LogP contribution in [0.15, 0.2) is 35.9 Å². The lowest BCUT2D eigenvalue weighted by atomic mass is 10.0. The first kappa shape index (κ1) is 15.3. The first-order valence-corrected chi connectivity index (χ1v) is 8.13. The van der Waals surface area contributed by atoms with Crippen molar-refractivity contribution in [1.29, 1.82) is 0 Å². The van der Waals surface area contributed by atoms with E-state index in [0.29, 0.717) is 19.8 Å². The minimum atomic E-state index is 0.249. The summed E-state index contributed by atoms with van der Waals surface area (Å²) in [6.45, 7) is 5.35. The molecule has 0 atom stereocenters. The van der Waals surface area contributed by atoms with E-state index in [2.05, 4.69) is 35.2 Å². The van der Waals surface area contributed by atoms with E-state index < -0.39 is 0 Å². The van der Waals surface area contributed by atoms with Crippen LogP contribution >= 0.6 is 0 Å². The van der Waals surface area contributed by atoms with E-state index in [0.717, 1.165) is 39.0 Å². The summed E-state index contributed by atoms with van der Waals surface area (Å²) in [6, 6.07) is 10.5. The maximum atomic E-state index is 12.3. The Balaban J connectivity index is 1.47. The van der Waals surface area contributed by atoms with Gasteiger partial charge in [0.1, 0.15) is 0 Å². The zero-order chi connectivity index (χ0) is 15.2. The summed E-state index contributed by atoms with van der Waals surface area (Å²) in [7, 11) is 0. The van der Waals surface area contributed by atoms with Gasteiger partial charge in [0, 0.05) is 26.2 Å². The molecule has 2 aliphatic heterocycles. The summed E-state index contributed by atoms with van der Waals surface area (Å²) >= 11 is 0. The monoisotopic (exact) mass is 300 g/mol. The lowest BCUT2D eigenvalue weighted by molar-refractivity contribution is -0.136. The average molecular weight is 300 g/mol. The Labute approximate surface area is 132 Å². The predicted octanol–water partition coefficient (Wildman–Crippen LogP) is 2.02. The molecule has 0 radical (unpaired) electrons. The van der Waals surface area contributed by atoms with Crippen molar-refractivity contribution in [3.8, 4) is 0 Å². The molecule has 1 amide bonds. The molecule has 2 heterocycles. The van der Waals surface area contributed by atoms with Gasteiger partial charge in [-0.05, 0) is 18.4 Å². The van der Waals surface area contributed by atoms with Gasteiger partial charge < -0.3 is 9.64 Å². The molecule has 2 fully saturated rings. The Hall–Kier alpha value is -1.65. The number of ether oxygens (including phenoxy) is 1. The number of rotatable bonds is 3. The highest BCUT2D eigenvalue weighted by Gasteiger charge is 2.21. The Bertz CT molecular complexity index is 511. The van der Waals surface area contributed by atoms with Crippen molar-refractivity contribution < 1.29 is 9.53 Å². The third-order valence-electron chi connectivity index (χ3n) is 4.39. The van der Waals surface area contributed by atoms with Gasteiger partial charge in [-0.25, -0.2) is 0 Å². The van der Waals surface area contributed by atoms with E-state index in [1.54, 1.807) is 0 Å². The summed E-state index contributed by atoms with van der Waals surface area (Å²) in [5.74, 6) is 0.249. The molecule has 2 aliphatic rings. The van der Waals surface area contributed by atoms with Gasteiger partial charge in [-0.1, -0.05) is 42.0 Å². The van der Waals surface area contributed by atoms with Gasteiger partial charge in [0.2, 0.25) is 5.91 Å². The highest BCUT2D eigenvalue weighted by molar-refractivity contribution is 5.78. The molecule has 0 spiro atoms. The molecule has 0 aromatic heterocycles.